The number of halogens is 6. The third kappa shape index (κ3) is 6.91. The molecule has 0 aromatic carbocycles. The van der Waals surface area contributed by atoms with E-state index < -0.39 is 39.7 Å². The van der Waals surface area contributed by atoms with E-state index in [0.717, 1.165) is 14.2 Å². The summed E-state index contributed by atoms with van der Waals surface area (Å²) in [5.41, 5.74) is 0. The largest absolute Gasteiger partial charge is 0.501 e. The van der Waals surface area contributed by atoms with Gasteiger partial charge in [-0.05, 0) is 6.42 Å². The number of hydrogen-bond donors (Lipinski definition) is 0. The molecule has 122 valence electrons. The van der Waals surface area contributed by atoms with Crippen molar-refractivity contribution in [2.45, 2.75) is 50.7 Å². The van der Waals surface area contributed by atoms with Gasteiger partial charge in [0.05, 0.1) is 0 Å². The minimum atomic E-state index is -4.68. The van der Waals surface area contributed by atoms with Crippen molar-refractivity contribution < 1.29 is 39.6 Å². The van der Waals surface area contributed by atoms with Gasteiger partial charge in [-0.15, -0.1) is 0 Å². The molecular weight excluding hydrogens is 310 g/mol. The molecule has 1 unspecified atom stereocenters. The monoisotopic (exact) mass is 328 g/mol. The Balaban J connectivity index is 4.96. The van der Waals surface area contributed by atoms with Crippen molar-refractivity contribution in [3.63, 3.8) is 0 Å². The Morgan fingerprint density at radius 3 is 1.80 bits per heavy atom. The van der Waals surface area contributed by atoms with Crippen LogP contribution in [0.4, 0.5) is 26.3 Å². The zero-order chi connectivity index (χ0) is 16.0. The van der Waals surface area contributed by atoms with E-state index in [1.165, 1.54) is 6.92 Å². The summed E-state index contributed by atoms with van der Waals surface area (Å²) in [6, 6.07) is -0.750. The minimum Gasteiger partial charge on any atom is -0.377 e. The van der Waals surface area contributed by atoms with Crippen molar-refractivity contribution in [3.05, 3.63) is 0 Å². The molecule has 0 aromatic rings. The Hall–Kier alpha value is -0.323. The van der Waals surface area contributed by atoms with Gasteiger partial charge in [0.25, 0.3) is 0 Å². The Labute approximate surface area is 114 Å². The molecule has 0 amide bonds. The predicted octanol–water partition coefficient (Wildman–Crippen LogP) is 3.92. The maximum Gasteiger partial charge on any atom is 0.501 e. The third-order valence-electron chi connectivity index (χ3n) is 2.57. The fourth-order valence-corrected chi connectivity index (χ4v) is 3.67. The van der Waals surface area contributed by atoms with E-state index in [4.69, 9.17) is 13.3 Å². The Bertz CT molecular complexity index is 277. The molecule has 0 N–H and O–H groups in total. The van der Waals surface area contributed by atoms with Crippen molar-refractivity contribution >= 4 is 8.80 Å². The molecule has 10 heteroatoms. The summed E-state index contributed by atoms with van der Waals surface area (Å²) in [5.74, 6) is 0. The van der Waals surface area contributed by atoms with Crippen LogP contribution in [-0.4, -0.2) is 41.5 Å². The molecule has 0 saturated carbocycles. The molecule has 0 spiro atoms. The van der Waals surface area contributed by atoms with Crippen molar-refractivity contribution in [1.29, 1.82) is 0 Å². The molecule has 3 nitrogen and oxygen atoms in total. The summed E-state index contributed by atoms with van der Waals surface area (Å²) >= 11 is 0. The zero-order valence-corrected chi connectivity index (χ0v) is 12.4. The van der Waals surface area contributed by atoms with Crippen LogP contribution in [0.1, 0.15) is 26.2 Å². The van der Waals surface area contributed by atoms with E-state index in [-0.39, 0.29) is 12.8 Å². The standard InChI is InChI=1S/C10H18F6O3Si/c1-4-5-8(10(14,15)16)19-20(17-2,18-3)7-6-9(11,12)13/h8H,4-7H2,1-3H3. The molecule has 0 heterocycles. The molecule has 0 bridgehead atoms. The second-order valence-electron chi connectivity index (χ2n) is 4.14. The first-order valence-corrected chi connectivity index (χ1v) is 7.84. The van der Waals surface area contributed by atoms with E-state index in [9.17, 15) is 26.3 Å². The maximum atomic E-state index is 12.7. The van der Waals surface area contributed by atoms with Crippen LogP contribution in [0.2, 0.25) is 6.04 Å². The minimum absolute atomic E-state index is 0.168. The molecule has 20 heavy (non-hydrogen) atoms. The zero-order valence-electron chi connectivity index (χ0n) is 11.4. The molecule has 0 rings (SSSR count). The van der Waals surface area contributed by atoms with Crippen LogP contribution < -0.4 is 0 Å². The van der Waals surface area contributed by atoms with Crippen molar-refractivity contribution in [1.82, 2.24) is 0 Å². The second kappa shape index (κ2) is 7.62. The van der Waals surface area contributed by atoms with Gasteiger partial charge in [0.2, 0.25) is 0 Å². The first-order valence-electron chi connectivity index (χ1n) is 5.91. The summed E-state index contributed by atoms with van der Waals surface area (Å²) in [5, 5.41) is 0. The van der Waals surface area contributed by atoms with E-state index in [1.807, 2.05) is 0 Å². The van der Waals surface area contributed by atoms with Crippen molar-refractivity contribution in [2.75, 3.05) is 14.2 Å². The third-order valence-corrected chi connectivity index (χ3v) is 5.32. The lowest BCUT2D eigenvalue weighted by Gasteiger charge is -2.32. The highest BCUT2D eigenvalue weighted by Crippen LogP contribution is 2.33. The van der Waals surface area contributed by atoms with E-state index >= 15 is 0 Å². The van der Waals surface area contributed by atoms with Gasteiger partial charge < -0.3 is 13.3 Å². The summed E-state index contributed by atoms with van der Waals surface area (Å²) in [6.07, 6.45) is -12.9. The van der Waals surface area contributed by atoms with Gasteiger partial charge in [-0.2, -0.15) is 26.3 Å². The molecule has 0 aliphatic carbocycles. The Morgan fingerprint density at radius 2 is 1.50 bits per heavy atom. The van der Waals surface area contributed by atoms with Crippen molar-refractivity contribution in [3.8, 4) is 0 Å². The molecule has 0 saturated heterocycles. The van der Waals surface area contributed by atoms with E-state index in [0.29, 0.717) is 0 Å². The molecular formula is C10H18F6O3Si. The number of hydrogen-bond acceptors (Lipinski definition) is 3. The van der Waals surface area contributed by atoms with Gasteiger partial charge in [-0.25, -0.2) is 0 Å². The first kappa shape index (κ1) is 19.7. The topological polar surface area (TPSA) is 27.7 Å². The molecule has 0 aliphatic heterocycles. The molecule has 0 aliphatic rings. The Morgan fingerprint density at radius 1 is 1.00 bits per heavy atom. The van der Waals surface area contributed by atoms with Gasteiger partial charge in [0.15, 0.2) is 0 Å². The fraction of sp³-hybridized carbons (Fsp3) is 1.00. The first-order chi connectivity index (χ1) is 8.99. The maximum absolute atomic E-state index is 12.7. The summed E-state index contributed by atoms with van der Waals surface area (Å²) in [4.78, 5) is 0. The SMILES string of the molecule is CCCC(O[Si](CCC(F)(F)F)(OC)OC)C(F)(F)F. The lowest BCUT2D eigenvalue weighted by atomic mass is 10.2. The summed E-state index contributed by atoms with van der Waals surface area (Å²) in [6.45, 7) is 1.51. The van der Waals surface area contributed by atoms with Crippen LogP contribution in [0.25, 0.3) is 0 Å². The van der Waals surface area contributed by atoms with Crippen LogP contribution in [0.3, 0.4) is 0 Å². The second-order valence-corrected chi connectivity index (χ2v) is 7.06. The molecule has 1 atom stereocenters. The predicted molar refractivity (Wildman–Crippen MR) is 61.1 cm³/mol. The van der Waals surface area contributed by atoms with Crippen LogP contribution in [0, 0.1) is 0 Å². The van der Waals surface area contributed by atoms with Gasteiger partial charge in [-0.1, -0.05) is 13.3 Å². The van der Waals surface area contributed by atoms with Crippen molar-refractivity contribution in [2.24, 2.45) is 0 Å². The highest BCUT2D eigenvalue weighted by molar-refractivity contribution is 6.60. The summed E-state index contributed by atoms with van der Waals surface area (Å²) in [7, 11) is -2.02. The normalized spacial score (nSPS) is 15.4. The molecule has 0 fully saturated rings. The van der Waals surface area contributed by atoms with E-state index in [1.54, 1.807) is 0 Å². The van der Waals surface area contributed by atoms with Crippen LogP contribution in [0.15, 0.2) is 0 Å². The average molecular weight is 328 g/mol. The van der Waals surface area contributed by atoms with Gasteiger partial charge in [-0.3, -0.25) is 0 Å². The van der Waals surface area contributed by atoms with Gasteiger partial charge >= 0.3 is 21.2 Å². The molecule has 0 radical (unpaired) electrons. The highest BCUT2D eigenvalue weighted by Gasteiger charge is 2.50. The van der Waals surface area contributed by atoms with Crippen LogP contribution >= 0.6 is 0 Å². The van der Waals surface area contributed by atoms with Gasteiger partial charge in [0.1, 0.15) is 6.10 Å². The Kier molecular flexibility index (Phi) is 7.50. The fourth-order valence-electron chi connectivity index (χ4n) is 1.51. The average Bonchev–Trinajstić information content (AvgIpc) is 2.31. The lowest BCUT2D eigenvalue weighted by Crippen LogP contribution is -2.50. The number of alkyl halides is 6. The summed E-state index contributed by atoms with van der Waals surface area (Å²) < 4.78 is 89.2. The van der Waals surface area contributed by atoms with Crippen LogP contribution in [-0.2, 0) is 13.3 Å². The number of rotatable bonds is 8. The van der Waals surface area contributed by atoms with E-state index in [2.05, 4.69) is 0 Å². The highest BCUT2D eigenvalue weighted by atomic mass is 28.4. The molecule has 0 aromatic heterocycles. The smallest absolute Gasteiger partial charge is 0.377 e. The lowest BCUT2D eigenvalue weighted by molar-refractivity contribution is -0.209. The van der Waals surface area contributed by atoms with Gasteiger partial charge in [0, 0.05) is 26.7 Å². The van der Waals surface area contributed by atoms with Crippen LogP contribution in [0.5, 0.6) is 0 Å². The quantitative estimate of drug-likeness (QED) is 0.499.